The highest BCUT2D eigenvalue weighted by molar-refractivity contribution is 6.06. The van der Waals surface area contributed by atoms with E-state index in [4.69, 9.17) is 10.5 Å². The van der Waals surface area contributed by atoms with Gasteiger partial charge in [-0.3, -0.25) is 9.88 Å². The van der Waals surface area contributed by atoms with Gasteiger partial charge in [-0.05, 0) is 37.8 Å². The maximum absolute atomic E-state index is 11.6. The summed E-state index contributed by atoms with van der Waals surface area (Å²) in [6, 6.07) is 5.43. The van der Waals surface area contributed by atoms with Crippen LogP contribution < -0.4 is 10.5 Å². The Kier molecular flexibility index (Phi) is 6.05. The summed E-state index contributed by atoms with van der Waals surface area (Å²) in [5.41, 5.74) is 7.40. The minimum Gasteiger partial charge on any atom is -0.492 e. The van der Waals surface area contributed by atoms with Crippen LogP contribution >= 0.6 is 0 Å². The molecule has 4 N–H and O–H groups in total. The van der Waals surface area contributed by atoms with E-state index in [1.54, 1.807) is 19.1 Å². The number of nitrogens with zero attached hydrogens (tertiary/aromatic N) is 2. The molecule has 0 saturated carbocycles. The Labute approximate surface area is 165 Å². The Balaban J connectivity index is 1.81. The SMILES string of the molecule is Cc1nc2cccc(OCC3CCCN(C(O)C(C)C)C3)c2c(N)c1C(=O)O. The number of likely N-dealkylation sites (tertiary alicyclic amines) is 1. The number of carbonyl (C=O) groups is 1. The highest BCUT2D eigenvalue weighted by Crippen LogP contribution is 2.34. The number of rotatable bonds is 6. The molecule has 1 saturated heterocycles. The van der Waals surface area contributed by atoms with Gasteiger partial charge in [0, 0.05) is 19.0 Å². The van der Waals surface area contributed by atoms with Crippen LogP contribution in [0.25, 0.3) is 10.9 Å². The fraction of sp³-hybridized carbons (Fsp3) is 0.524. The molecule has 0 radical (unpaired) electrons. The number of ether oxygens (including phenoxy) is 1. The first-order chi connectivity index (χ1) is 13.3. The zero-order valence-electron chi connectivity index (χ0n) is 16.7. The van der Waals surface area contributed by atoms with Crippen molar-refractivity contribution >= 4 is 22.6 Å². The first-order valence-corrected chi connectivity index (χ1v) is 9.76. The van der Waals surface area contributed by atoms with Crippen LogP contribution in [0.1, 0.15) is 42.7 Å². The van der Waals surface area contributed by atoms with Crippen molar-refractivity contribution in [2.45, 2.75) is 39.8 Å². The number of anilines is 1. The summed E-state index contributed by atoms with van der Waals surface area (Å²) < 4.78 is 6.08. The van der Waals surface area contributed by atoms with Crippen molar-refractivity contribution in [1.29, 1.82) is 0 Å². The molecule has 3 rings (SSSR count). The van der Waals surface area contributed by atoms with Gasteiger partial charge in [-0.15, -0.1) is 0 Å². The number of benzene rings is 1. The summed E-state index contributed by atoms with van der Waals surface area (Å²) in [5.74, 6) is -0.0754. The monoisotopic (exact) mass is 387 g/mol. The molecular formula is C21H29N3O4. The number of aryl methyl sites for hydroxylation is 1. The molecule has 7 nitrogen and oxygen atoms in total. The molecule has 1 aromatic heterocycles. The van der Waals surface area contributed by atoms with E-state index in [1.165, 1.54) is 0 Å². The number of nitrogens with two attached hydrogens (primary N) is 1. The first kappa shape index (κ1) is 20.4. The standard InChI is InChI=1S/C21H29N3O4/c1-12(2)20(25)24-9-5-6-14(10-24)11-28-16-8-4-7-15-18(16)19(22)17(21(26)27)13(3)23-15/h4,7-8,12,14,20,25H,5-6,9-11H2,1-3H3,(H2,22,23)(H,26,27). The second kappa shape index (κ2) is 8.32. The quantitative estimate of drug-likeness (QED) is 0.699. The van der Waals surface area contributed by atoms with Gasteiger partial charge in [-0.2, -0.15) is 0 Å². The van der Waals surface area contributed by atoms with Gasteiger partial charge < -0.3 is 20.7 Å². The lowest BCUT2D eigenvalue weighted by atomic mass is 9.97. The first-order valence-electron chi connectivity index (χ1n) is 9.76. The third kappa shape index (κ3) is 4.05. The zero-order valence-corrected chi connectivity index (χ0v) is 16.7. The Morgan fingerprint density at radius 3 is 2.86 bits per heavy atom. The molecule has 1 fully saturated rings. The van der Waals surface area contributed by atoms with Crippen molar-refractivity contribution in [3.63, 3.8) is 0 Å². The van der Waals surface area contributed by atoms with Crippen LogP contribution in [0.15, 0.2) is 18.2 Å². The fourth-order valence-electron chi connectivity index (χ4n) is 3.93. The molecule has 0 spiro atoms. The molecule has 1 aromatic carbocycles. The number of piperidine rings is 1. The highest BCUT2D eigenvalue weighted by Gasteiger charge is 2.27. The van der Waals surface area contributed by atoms with Crippen LogP contribution in [0.3, 0.4) is 0 Å². The number of aliphatic hydroxyl groups is 1. The lowest BCUT2D eigenvalue weighted by Gasteiger charge is -2.37. The predicted molar refractivity (Wildman–Crippen MR) is 108 cm³/mol. The third-order valence-corrected chi connectivity index (χ3v) is 5.40. The number of fused-ring (bicyclic) bond motifs is 1. The third-order valence-electron chi connectivity index (χ3n) is 5.40. The summed E-state index contributed by atoms with van der Waals surface area (Å²) in [4.78, 5) is 18.1. The van der Waals surface area contributed by atoms with Crippen molar-refractivity contribution in [2.24, 2.45) is 11.8 Å². The largest absolute Gasteiger partial charge is 0.492 e. The number of aromatic carboxylic acids is 1. The van der Waals surface area contributed by atoms with Crippen LogP contribution in [0.4, 0.5) is 5.69 Å². The van der Waals surface area contributed by atoms with Crippen molar-refractivity contribution in [3.05, 3.63) is 29.5 Å². The lowest BCUT2D eigenvalue weighted by molar-refractivity contribution is -0.0544. The van der Waals surface area contributed by atoms with Crippen LogP contribution in [0.2, 0.25) is 0 Å². The van der Waals surface area contributed by atoms with E-state index in [0.717, 1.165) is 25.9 Å². The second-order valence-corrected chi connectivity index (χ2v) is 7.91. The van der Waals surface area contributed by atoms with Gasteiger partial charge in [0.15, 0.2) is 0 Å². The van der Waals surface area contributed by atoms with Gasteiger partial charge in [0.05, 0.1) is 28.9 Å². The van der Waals surface area contributed by atoms with Gasteiger partial charge in [-0.25, -0.2) is 4.79 Å². The number of aromatic nitrogens is 1. The van der Waals surface area contributed by atoms with E-state index in [2.05, 4.69) is 9.88 Å². The van der Waals surface area contributed by atoms with Crippen LogP contribution in [0, 0.1) is 18.8 Å². The molecule has 0 bridgehead atoms. The molecule has 0 aliphatic carbocycles. The van der Waals surface area contributed by atoms with Gasteiger partial charge >= 0.3 is 5.97 Å². The van der Waals surface area contributed by atoms with Gasteiger partial charge in [0.1, 0.15) is 17.5 Å². The summed E-state index contributed by atoms with van der Waals surface area (Å²) in [5, 5.41) is 20.4. The van der Waals surface area contributed by atoms with E-state index in [0.29, 0.717) is 29.0 Å². The number of carboxylic acid groups (broad SMARTS) is 1. The molecule has 152 valence electrons. The van der Waals surface area contributed by atoms with Crippen molar-refractivity contribution in [2.75, 3.05) is 25.4 Å². The van der Waals surface area contributed by atoms with Gasteiger partial charge in [-0.1, -0.05) is 19.9 Å². The molecule has 0 amide bonds. The summed E-state index contributed by atoms with van der Waals surface area (Å²) >= 11 is 0. The molecule has 1 aliphatic heterocycles. The zero-order chi connectivity index (χ0) is 20.4. The van der Waals surface area contributed by atoms with Crippen LogP contribution in [0.5, 0.6) is 5.75 Å². The fourth-order valence-corrected chi connectivity index (χ4v) is 3.93. The molecule has 28 heavy (non-hydrogen) atoms. The van der Waals surface area contributed by atoms with E-state index in [-0.39, 0.29) is 23.1 Å². The number of aliphatic hydroxyl groups excluding tert-OH is 1. The lowest BCUT2D eigenvalue weighted by Crippen LogP contribution is -2.46. The van der Waals surface area contributed by atoms with Crippen molar-refractivity contribution in [1.82, 2.24) is 9.88 Å². The number of pyridine rings is 1. The maximum atomic E-state index is 11.6. The Morgan fingerprint density at radius 2 is 2.18 bits per heavy atom. The van der Waals surface area contributed by atoms with E-state index >= 15 is 0 Å². The van der Waals surface area contributed by atoms with Crippen molar-refractivity contribution in [3.8, 4) is 5.75 Å². The maximum Gasteiger partial charge on any atom is 0.339 e. The van der Waals surface area contributed by atoms with Gasteiger partial charge in [0.2, 0.25) is 0 Å². The van der Waals surface area contributed by atoms with E-state index in [1.807, 2.05) is 19.9 Å². The molecular weight excluding hydrogens is 358 g/mol. The number of nitrogen functional groups attached to an aromatic ring is 1. The average molecular weight is 387 g/mol. The Hall–Kier alpha value is -2.38. The predicted octanol–water partition coefficient (Wildman–Crippen LogP) is 2.89. The second-order valence-electron chi connectivity index (χ2n) is 7.91. The topological polar surface area (TPSA) is 109 Å². The minimum atomic E-state index is -1.09. The van der Waals surface area contributed by atoms with Crippen LogP contribution in [-0.4, -0.2) is 52.0 Å². The van der Waals surface area contributed by atoms with Crippen LogP contribution in [-0.2, 0) is 0 Å². The number of carboxylic acids is 1. The summed E-state index contributed by atoms with van der Waals surface area (Å²) in [6.45, 7) is 7.82. The van der Waals surface area contributed by atoms with E-state index < -0.39 is 12.2 Å². The molecule has 7 heteroatoms. The Bertz CT molecular complexity index is 868. The molecule has 2 unspecified atom stereocenters. The number of hydrogen-bond donors (Lipinski definition) is 3. The van der Waals surface area contributed by atoms with E-state index in [9.17, 15) is 15.0 Å². The van der Waals surface area contributed by atoms with Crippen molar-refractivity contribution < 1.29 is 19.7 Å². The number of hydrogen-bond acceptors (Lipinski definition) is 6. The smallest absolute Gasteiger partial charge is 0.339 e. The Morgan fingerprint density at radius 1 is 1.43 bits per heavy atom. The molecule has 1 aliphatic rings. The minimum absolute atomic E-state index is 0.0208. The normalized spacial score (nSPS) is 19.1. The summed E-state index contributed by atoms with van der Waals surface area (Å²) in [6.07, 6.45) is 1.60. The molecule has 2 heterocycles. The van der Waals surface area contributed by atoms with Gasteiger partial charge in [0.25, 0.3) is 0 Å². The highest BCUT2D eigenvalue weighted by atomic mass is 16.5. The molecule has 2 atom stereocenters. The molecule has 2 aromatic rings. The summed E-state index contributed by atoms with van der Waals surface area (Å²) in [7, 11) is 0. The average Bonchev–Trinajstić information content (AvgIpc) is 2.65.